The zero-order valence-electron chi connectivity index (χ0n) is 9.53. The molecule has 82 valence electrons. The van der Waals surface area contributed by atoms with Gasteiger partial charge >= 0.3 is 0 Å². The van der Waals surface area contributed by atoms with Crippen LogP contribution < -0.4 is 10.4 Å². The Balaban J connectivity index is 0.000000921. The van der Waals surface area contributed by atoms with Crippen molar-refractivity contribution in [1.82, 2.24) is 0 Å². The van der Waals surface area contributed by atoms with Crippen molar-refractivity contribution >= 4 is 33.4 Å². The van der Waals surface area contributed by atoms with Gasteiger partial charge in [-0.15, -0.1) is 11.7 Å². The Morgan fingerprint density at radius 2 is 1.93 bits per heavy atom. The van der Waals surface area contributed by atoms with Gasteiger partial charge in [0.05, 0.1) is 0 Å². The lowest BCUT2D eigenvalue weighted by Crippen LogP contribution is -2.24. The summed E-state index contributed by atoms with van der Waals surface area (Å²) in [5, 5.41) is 2.42. The van der Waals surface area contributed by atoms with E-state index in [0.717, 1.165) is 4.91 Å². The summed E-state index contributed by atoms with van der Waals surface area (Å²) in [5.74, 6) is 0. The first-order valence-corrected chi connectivity index (χ1v) is 6.90. The molecule has 1 rings (SSSR count). The molecule has 0 spiro atoms. The van der Waals surface area contributed by atoms with Gasteiger partial charge in [-0.2, -0.15) is 0 Å². The summed E-state index contributed by atoms with van der Waals surface area (Å²) in [6.45, 7) is 9.79. The molecule has 1 aromatic rings. The van der Waals surface area contributed by atoms with E-state index in [-0.39, 0.29) is 0 Å². The lowest BCUT2D eigenvalue weighted by Gasteiger charge is -1.95. The van der Waals surface area contributed by atoms with E-state index in [2.05, 4.69) is 36.4 Å². The standard InChI is InChI=1S/C11H12S2.C2H6/c1-3-9-7-5-6-8-10(9)11(4-2)13-12;1-2/h3-8,12H,2H2,1H3;1-2H3/b9-3-,11-10+;. The fourth-order valence-corrected chi connectivity index (χ4v) is 2.05. The van der Waals surface area contributed by atoms with Gasteiger partial charge in [0.2, 0.25) is 0 Å². The minimum atomic E-state index is 1.09. The smallest absolute Gasteiger partial charge is 0.0252 e. The van der Waals surface area contributed by atoms with E-state index in [1.165, 1.54) is 21.2 Å². The van der Waals surface area contributed by atoms with Crippen LogP contribution >= 0.6 is 22.5 Å². The van der Waals surface area contributed by atoms with Crippen LogP contribution in [0.2, 0.25) is 0 Å². The molecule has 15 heavy (non-hydrogen) atoms. The fraction of sp³-hybridized carbons (Fsp3) is 0.231. The summed E-state index contributed by atoms with van der Waals surface area (Å²) in [7, 11) is 1.43. The Kier molecular flexibility index (Phi) is 8.34. The fourth-order valence-electron chi connectivity index (χ4n) is 1.17. The van der Waals surface area contributed by atoms with Gasteiger partial charge < -0.3 is 0 Å². The number of benzene rings is 1. The predicted octanol–water partition coefficient (Wildman–Crippen LogP) is 3.39. The maximum Gasteiger partial charge on any atom is 0.0252 e. The SMILES string of the molecule is C=C/C(SS)=c1/cccc/c1=C/C.CC. The Morgan fingerprint density at radius 1 is 1.33 bits per heavy atom. The minimum absolute atomic E-state index is 1.09. The van der Waals surface area contributed by atoms with Gasteiger partial charge in [-0.1, -0.05) is 67.6 Å². The summed E-state index contributed by atoms with van der Waals surface area (Å²) < 4.78 is 0. The van der Waals surface area contributed by atoms with Gasteiger partial charge in [-0.25, -0.2) is 0 Å². The van der Waals surface area contributed by atoms with E-state index >= 15 is 0 Å². The second-order valence-electron chi connectivity index (χ2n) is 2.54. The predicted molar refractivity (Wildman–Crippen MR) is 77.4 cm³/mol. The van der Waals surface area contributed by atoms with E-state index in [9.17, 15) is 0 Å². The lowest BCUT2D eigenvalue weighted by atomic mass is 10.2. The Bertz CT molecular complexity index is 405. The highest BCUT2D eigenvalue weighted by molar-refractivity contribution is 8.72. The molecule has 0 radical (unpaired) electrons. The third-order valence-electron chi connectivity index (χ3n) is 1.82. The van der Waals surface area contributed by atoms with Crippen LogP contribution in [0.4, 0.5) is 0 Å². The van der Waals surface area contributed by atoms with Gasteiger partial charge in [-0.3, -0.25) is 0 Å². The van der Waals surface area contributed by atoms with Crippen LogP contribution in [0.1, 0.15) is 20.8 Å². The van der Waals surface area contributed by atoms with Crippen LogP contribution in [-0.2, 0) is 0 Å². The lowest BCUT2D eigenvalue weighted by molar-refractivity contribution is 1.50. The van der Waals surface area contributed by atoms with Crippen molar-refractivity contribution in [3.8, 4) is 0 Å². The first-order chi connectivity index (χ1) is 7.33. The van der Waals surface area contributed by atoms with Crippen molar-refractivity contribution in [1.29, 1.82) is 0 Å². The largest absolute Gasteiger partial charge is 0.106 e. The molecule has 0 amide bonds. The topological polar surface area (TPSA) is 0 Å². The molecule has 0 aliphatic heterocycles. The summed E-state index contributed by atoms with van der Waals surface area (Å²) in [6.07, 6.45) is 3.92. The second kappa shape index (κ2) is 8.69. The Hall–Kier alpha value is -0.600. The molecule has 0 aliphatic carbocycles. The second-order valence-corrected chi connectivity index (χ2v) is 3.71. The molecular weight excluding hydrogens is 220 g/mol. The van der Waals surface area contributed by atoms with Gasteiger partial charge in [-0.05, 0) is 17.4 Å². The number of hydrogen-bond acceptors (Lipinski definition) is 2. The molecular formula is C13H18S2. The van der Waals surface area contributed by atoms with Crippen molar-refractivity contribution in [3.63, 3.8) is 0 Å². The van der Waals surface area contributed by atoms with E-state index in [4.69, 9.17) is 0 Å². The van der Waals surface area contributed by atoms with Crippen molar-refractivity contribution < 1.29 is 0 Å². The molecule has 0 aliphatic rings. The monoisotopic (exact) mass is 238 g/mol. The van der Waals surface area contributed by atoms with Crippen LogP contribution in [0, 0.1) is 0 Å². The number of hydrogen-bond donors (Lipinski definition) is 1. The maximum atomic E-state index is 4.19. The quantitative estimate of drug-likeness (QED) is 0.609. The molecule has 2 heteroatoms. The summed E-state index contributed by atoms with van der Waals surface area (Å²) in [4.78, 5) is 1.09. The first kappa shape index (κ1) is 14.4. The van der Waals surface area contributed by atoms with Crippen LogP contribution in [0.15, 0.2) is 36.9 Å². The highest BCUT2D eigenvalue weighted by Crippen LogP contribution is 2.19. The molecule has 0 unspecified atom stereocenters. The molecule has 0 bridgehead atoms. The van der Waals surface area contributed by atoms with Crippen molar-refractivity contribution in [2.24, 2.45) is 0 Å². The highest BCUT2D eigenvalue weighted by Gasteiger charge is 1.91. The van der Waals surface area contributed by atoms with Gasteiger partial charge in [0.15, 0.2) is 0 Å². The number of thiol groups is 1. The maximum absolute atomic E-state index is 4.19. The minimum Gasteiger partial charge on any atom is -0.106 e. The van der Waals surface area contributed by atoms with Crippen LogP contribution in [-0.4, -0.2) is 0 Å². The zero-order chi connectivity index (χ0) is 11.7. The van der Waals surface area contributed by atoms with E-state index in [1.54, 1.807) is 0 Å². The Labute approximate surface area is 102 Å². The first-order valence-electron chi connectivity index (χ1n) is 5.03. The summed E-state index contributed by atoms with van der Waals surface area (Å²) >= 11 is 4.19. The van der Waals surface area contributed by atoms with Crippen molar-refractivity contribution in [2.75, 3.05) is 0 Å². The molecule has 0 aromatic heterocycles. The average Bonchev–Trinajstić information content (AvgIpc) is 2.34. The highest BCUT2D eigenvalue weighted by atomic mass is 33.1. The van der Waals surface area contributed by atoms with Crippen LogP contribution in [0.5, 0.6) is 0 Å². The van der Waals surface area contributed by atoms with Crippen LogP contribution in [0.3, 0.4) is 0 Å². The average molecular weight is 238 g/mol. The van der Waals surface area contributed by atoms with E-state index < -0.39 is 0 Å². The molecule has 0 saturated carbocycles. The molecule has 0 atom stereocenters. The zero-order valence-corrected chi connectivity index (χ0v) is 11.2. The molecule has 1 aromatic carbocycles. The molecule has 0 heterocycles. The third kappa shape index (κ3) is 4.18. The third-order valence-corrected chi connectivity index (χ3v) is 2.99. The van der Waals surface area contributed by atoms with Crippen molar-refractivity contribution in [3.05, 3.63) is 47.4 Å². The van der Waals surface area contributed by atoms with Gasteiger partial charge in [0.25, 0.3) is 0 Å². The summed E-state index contributed by atoms with van der Waals surface area (Å²) in [6, 6.07) is 8.22. The van der Waals surface area contributed by atoms with Crippen LogP contribution in [0.25, 0.3) is 11.0 Å². The van der Waals surface area contributed by atoms with Gasteiger partial charge in [0, 0.05) is 4.91 Å². The Morgan fingerprint density at radius 3 is 2.40 bits per heavy atom. The summed E-state index contributed by atoms with van der Waals surface area (Å²) in [5.41, 5.74) is 0. The van der Waals surface area contributed by atoms with Gasteiger partial charge in [0.1, 0.15) is 0 Å². The number of rotatable bonds is 2. The van der Waals surface area contributed by atoms with E-state index in [0.29, 0.717) is 0 Å². The molecule has 0 N–H and O–H groups in total. The molecule has 0 nitrogen and oxygen atoms in total. The van der Waals surface area contributed by atoms with Crippen molar-refractivity contribution in [2.45, 2.75) is 20.8 Å². The molecule has 0 saturated heterocycles. The normalized spacial score (nSPS) is 12.7. The van der Waals surface area contributed by atoms with E-state index in [1.807, 2.05) is 39.0 Å². The molecule has 0 fully saturated rings.